The molecule has 0 saturated carbocycles. The molecule has 5 nitrogen and oxygen atoms in total. The lowest BCUT2D eigenvalue weighted by molar-refractivity contribution is 0.475. The van der Waals surface area contributed by atoms with E-state index in [1.54, 1.807) is 30.7 Å². The Morgan fingerprint density at radius 1 is 1.00 bits per heavy atom. The van der Waals surface area contributed by atoms with Crippen molar-refractivity contribution < 1.29 is 9.32 Å². The quantitative estimate of drug-likeness (QED) is 0.414. The summed E-state index contributed by atoms with van der Waals surface area (Å²) in [5.74, 6) is 0.111. The van der Waals surface area contributed by atoms with Gasteiger partial charge in [0.05, 0.1) is 31.6 Å². The van der Waals surface area contributed by atoms with Crippen molar-refractivity contribution in [2.24, 2.45) is 4.36 Å². The molecular formula is C22H18ClN3O2S. The van der Waals surface area contributed by atoms with Crippen molar-refractivity contribution in [2.75, 3.05) is 11.6 Å². The number of fused-ring (bicyclic) bond motifs is 1. The highest BCUT2D eigenvalue weighted by Crippen LogP contribution is 2.33. The van der Waals surface area contributed by atoms with Crippen molar-refractivity contribution in [1.29, 1.82) is 0 Å². The summed E-state index contributed by atoms with van der Waals surface area (Å²) in [7, 11) is -2.59. The molecule has 0 fully saturated rings. The molecule has 0 aliphatic heterocycles. The Morgan fingerprint density at radius 2 is 1.79 bits per heavy atom. The van der Waals surface area contributed by atoms with Gasteiger partial charge in [0.15, 0.2) is 0 Å². The highest BCUT2D eigenvalue weighted by molar-refractivity contribution is 7.93. The van der Waals surface area contributed by atoms with Gasteiger partial charge in [0.2, 0.25) is 0 Å². The number of pyridine rings is 1. The second-order valence-electron chi connectivity index (χ2n) is 6.56. The molecule has 29 heavy (non-hydrogen) atoms. The van der Waals surface area contributed by atoms with Crippen LogP contribution in [0.15, 0.2) is 88.3 Å². The first kappa shape index (κ1) is 19.2. The number of phenols is 1. The molecule has 0 amide bonds. The van der Waals surface area contributed by atoms with E-state index in [1.165, 1.54) is 6.07 Å². The molecule has 1 atom stereocenters. The molecule has 0 spiro atoms. The average Bonchev–Trinajstić information content (AvgIpc) is 2.71. The van der Waals surface area contributed by atoms with E-state index < -0.39 is 9.73 Å². The monoisotopic (exact) mass is 423 g/mol. The molecular weight excluding hydrogens is 406 g/mol. The van der Waals surface area contributed by atoms with Gasteiger partial charge in [0.1, 0.15) is 5.75 Å². The third-order valence-electron chi connectivity index (χ3n) is 4.40. The Labute approximate surface area is 174 Å². The maximum atomic E-state index is 13.1. The number of anilines is 2. The van der Waals surface area contributed by atoms with Crippen LogP contribution in [0.3, 0.4) is 0 Å². The van der Waals surface area contributed by atoms with Crippen LogP contribution >= 0.6 is 11.6 Å². The van der Waals surface area contributed by atoms with E-state index in [1.807, 2.05) is 48.5 Å². The minimum Gasteiger partial charge on any atom is -0.508 e. The zero-order valence-electron chi connectivity index (χ0n) is 15.5. The van der Waals surface area contributed by atoms with Crippen LogP contribution in [0.1, 0.15) is 0 Å². The largest absolute Gasteiger partial charge is 0.508 e. The smallest absolute Gasteiger partial charge is 0.117 e. The Morgan fingerprint density at radius 3 is 2.59 bits per heavy atom. The van der Waals surface area contributed by atoms with Gasteiger partial charge in [-0.1, -0.05) is 29.8 Å². The molecule has 1 unspecified atom stereocenters. The summed E-state index contributed by atoms with van der Waals surface area (Å²) in [6, 6.07) is 21.2. The third-order valence-corrected chi connectivity index (χ3v) is 6.44. The minimum atomic E-state index is -2.59. The lowest BCUT2D eigenvalue weighted by Gasteiger charge is -2.12. The lowest BCUT2D eigenvalue weighted by Crippen LogP contribution is -1.96. The number of phenolic OH excluding ortho intramolecular Hbond substituents is 1. The van der Waals surface area contributed by atoms with E-state index in [0.717, 1.165) is 16.6 Å². The fourth-order valence-corrected chi connectivity index (χ4v) is 4.43. The average molecular weight is 424 g/mol. The fourth-order valence-electron chi connectivity index (χ4n) is 2.98. The first-order chi connectivity index (χ1) is 13.9. The Hall–Kier alpha value is -3.09. The molecule has 4 rings (SSSR count). The molecule has 0 radical (unpaired) electrons. The van der Waals surface area contributed by atoms with Gasteiger partial charge < -0.3 is 10.4 Å². The maximum Gasteiger partial charge on any atom is 0.117 e. The number of rotatable bonds is 4. The van der Waals surface area contributed by atoms with Crippen LogP contribution in [0.2, 0.25) is 5.02 Å². The number of hydrogen-bond donors (Lipinski definition) is 2. The molecule has 3 aromatic carbocycles. The van der Waals surface area contributed by atoms with E-state index in [9.17, 15) is 9.32 Å². The number of hydrogen-bond acceptors (Lipinski definition) is 5. The summed E-state index contributed by atoms with van der Waals surface area (Å²) in [5.41, 5.74) is 2.67. The number of aromatic nitrogens is 1. The van der Waals surface area contributed by atoms with Gasteiger partial charge in [-0.15, -0.1) is 0 Å². The van der Waals surface area contributed by atoms with Crippen molar-refractivity contribution in [3.8, 4) is 5.75 Å². The summed E-state index contributed by atoms with van der Waals surface area (Å²) in [6.07, 6.45) is 3.31. The fraction of sp³-hybridized carbons (Fsp3) is 0.0455. The molecule has 1 aromatic heterocycles. The van der Waals surface area contributed by atoms with Crippen molar-refractivity contribution >= 4 is 49.3 Å². The molecule has 146 valence electrons. The van der Waals surface area contributed by atoms with Crippen LogP contribution in [-0.4, -0.2) is 20.6 Å². The standard InChI is InChI=1S/C22H18ClN3O2S/c1-29(28,17-5-3-2-4-6-17)26-15-7-10-20-18(13-15)21(11-12-24-20)25-22-14-16(27)8-9-19(22)23/h2-14,27H,1H3,(H,24,25). The zero-order chi connectivity index (χ0) is 20.4. The molecule has 1 heterocycles. The van der Waals surface area contributed by atoms with Gasteiger partial charge in [-0.25, -0.2) is 4.21 Å². The van der Waals surface area contributed by atoms with Crippen molar-refractivity contribution in [1.82, 2.24) is 4.98 Å². The van der Waals surface area contributed by atoms with Crippen LogP contribution in [0, 0.1) is 0 Å². The van der Waals surface area contributed by atoms with Gasteiger partial charge in [-0.05, 0) is 48.5 Å². The van der Waals surface area contributed by atoms with Gasteiger partial charge in [0, 0.05) is 34.5 Å². The number of nitrogens with one attached hydrogen (secondary N) is 1. The molecule has 0 aliphatic carbocycles. The second kappa shape index (κ2) is 7.73. The molecule has 4 aromatic rings. The van der Waals surface area contributed by atoms with E-state index >= 15 is 0 Å². The molecule has 7 heteroatoms. The Bertz CT molecular complexity index is 1320. The first-order valence-corrected chi connectivity index (χ1v) is 11.1. The highest BCUT2D eigenvalue weighted by atomic mass is 35.5. The predicted molar refractivity (Wildman–Crippen MR) is 119 cm³/mol. The van der Waals surface area contributed by atoms with Gasteiger partial charge in [-0.2, -0.15) is 4.36 Å². The Balaban J connectivity index is 1.80. The molecule has 2 N–H and O–H groups in total. The molecule has 0 aliphatic rings. The number of aromatic hydroxyl groups is 1. The third kappa shape index (κ3) is 4.18. The van der Waals surface area contributed by atoms with Gasteiger partial charge in [-0.3, -0.25) is 4.98 Å². The van der Waals surface area contributed by atoms with E-state index in [2.05, 4.69) is 14.7 Å². The Kier molecular flexibility index (Phi) is 5.13. The number of nitrogens with zero attached hydrogens (tertiary/aromatic N) is 2. The van der Waals surface area contributed by atoms with Crippen molar-refractivity contribution in [3.05, 3.63) is 84.0 Å². The molecule has 0 saturated heterocycles. The zero-order valence-corrected chi connectivity index (χ0v) is 17.1. The van der Waals surface area contributed by atoms with Crippen molar-refractivity contribution in [3.63, 3.8) is 0 Å². The predicted octanol–water partition coefficient (Wildman–Crippen LogP) is 6.13. The highest BCUT2D eigenvalue weighted by Gasteiger charge is 2.09. The summed E-state index contributed by atoms with van der Waals surface area (Å²) in [6.45, 7) is 0. The lowest BCUT2D eigenvalue weighted by atomic mass is 10.1. The number of halogens is 1. The molecule has 0 bridgehead atoms. The summed E-state index contributed by atoms with van der Waals surface area (Å²) < 4.78 is 17.6. The minimum absolute atomic E-state index is 0.111. The van der Waals surface area contributed by atoms with Gasteiger partial charge >= 0.3 is 0 Å². The van der Waals surface area contributed by atoms with Crippen LogP contribution in [-0.2, 0) is 9.73 Å². The number of benzene rings is 3. The van der Waals surface area contributed by atoms with E-state index in [4.69, 9.17) is 11.6 Å². The normalized spacial score (nSPS) is 13.0. The van der Waals surface area contributed by atoms with Gasteiger partial charge in [0.25, 0.3) is 0 Å². The summed E-state index contributed by atoms with van der Waals surface area (Å²) >= 11 is 6.24. The van der Waals surface area contributed by atoms with Crippen LogP contribution in [0.4, 0.5) is 17.1 Å². The van der Waals surface area contributed by atoms with E-state index in [-0.39, 0.29) is 5.75 Å². The van der Waals surface area contributed by atoms with Crippen LogP contribution < -0.4 is 5.32 Å². The summed E-state index contributed by atoms with van der Waals surface area (Å²) in [5, 5.41) is 14.3. The second-order valence-corrected chi connectivity index (χ2v) is 9.22. The topological polar surface area (TPSA) is 74.6 Å². The maximum absolute atomic E-state index is 13.1. The van der Waals surface area contributed by atoms with Crippen LogP contribution in [0.25, 0.3) is 10.9 Å². The SMILES string of the molecule is CS(=O)(=Nc1ccc2nccc(Nc3cc(O)ccc3Cl)c2c1)c1ccccc1. The van der Waals surface area contributed by atoms with E-state index in [0.29, 0.717) is 21.3 Å². The summed E-state index contributed by atoms with van der Waals surface area (Å²) in [4.78, 5) is 5.06. The van der Waals surface area contributed by atoms with Crippen LogP contribution in [0.5, 0.6) is 5.75 Å². The van der Waals surface area contributed by atoms with Crippen molar-refractivity contribution in [2.45, 2.75) is 4.90 Å². The first-order valence-electron chi connectivity index (χ1n) is 8.84.